The average Bonchev–Trinajstić information content (AvgIpc) is 2.85. The van der Waals surface area contributed by atoms with Gasteiger partial charge in [-0.05, 0) is 81.6 Å². The van der Waals surface area contributed by atoms with E-state index in [-0.39, 0.29) is 22.3 Å². The van der Waals surface area contributed by atoms with Gasteiger partial charge in [-0.1, -0.05) is 23.8 Å². The Bertz CT molecular complexity index is 1600. The molecule has 0 saturated heterocycles. The molecule has 0 fully saturated rings. The predicted octanol–water partition coefficient (Wildman–Crippen LogP) is 4.51. The monoisotopic (exact) mass is 549 g/mol. The molecule has 0 saturated carbocycles. The van der Waals surface area contributed by atoms with Gasteiger partial charge in [-0.2, -0.15) is 4.72 Å². The van der Waals surface area contributed by atoms with Gasteiger partial charge in [0.2, 0.25) is 11.8 Å². The molecule has 1 unspecified atom stereocenters. The van der Waals surface area contributed by atoms with Crippen LogP contribution in [0.1, 0.15) is 41.0 Å². The lowest BCUT2D eigenvalue weighted by molar-refractivity contribution is 0.162. The number of aromatic nitrogens is 3. The second-order valence-corrected chi connectivity index (χ2v) is 10.8. The molecule has 0 aliphatic rings. The molecule has 3 aromatic heterocycles. The van der Waals surface area contributed by atoms with E-state index in [0.29, 0.717) is 29.6 Å². The Labute approximate surface area is 227 Å². The molecule has 0 amide bonds. The van der Waals surface area contributed by atoms with Crippen molar-refractivity contribution in [1.82, 2.24) is 19.7 Å². The molecule has 1 atom stereocenters. The fraction of sp³-hybridized carbons (Fsp3) is 0.250. The third-order valence-corrected chi connectivity index (χ3v) is 7.09. The SMILES string of the molecule is CCOc1cc(C)cc(-c2ccc(C(O)NS(=O)(=O)c3cccc(N)n3)c(Oc3c(C)cc(C)cc3C)n2)n1. The van der Waals surface area contributed by atoms with Gasteiger partial charge in [0.05, 0.1) is 23.6 Å². The Morgan fingerprint density at radius 1 is 0.923 bits per heavy atom. The summed E-state index contributed by atoms with van der Waals surface area (Å²) in [5.74, 6) is 1.05. The lowest BCUT2D eigenvalue weighted by Crippen LogP contribution is -2.29. The van der Waals surface area contributed by atoms with Crippen LogP contribution < -0.4 is 19.9 Å². The summed E-state index contributed by atoms with van der Waals surface area (Å²) in [6.45, 7) is 10.0. The molecule has 0 bridgehead atoms. The smallest absolute Gasteiger partial charge is 0.260 e. The van der Waals surface area contributed by atoms with Crippen molar-refractivity contribution in [3.63, 3.8) is 0 Å². The number of aliphatic hydroxyl groups excluding tert-OH is 1. The molecule has 0 radical (unpaired) electrons. The minimum Gasteiger partial charge on any atom is -0.478 e. The summed E-state index contributed by atoms with van der Waals surface area (Å²) in [6.07, 6.45) is -1.70. The van der Waals surface area contributed by atoms with E-state index in [4.69, 9.17) is 15.2 Å². The molecule has 4 rings (SSSR count). The van der Waals surface area contributed by atoms with Crippen LogP contribution in [0.4, 0.5) is 5.82 Å². The van der Waals surface area contributed by atoms with E-state index in [1.54, 1.807) is 12.1 Å². The number of nitrogens with one attached hydrogen (secondary N) is 1. The number of anilines is 1. The summed E-state index contributed by atoms with van der Waals surface area (Å²) in [5.41, 5.74) is 10.4. The van der Waals surface area contributed by atoms with Crippen LogP contribution in [0.2, 0.25) is 0 Å². The Morgan fingerprint density at radius 3 is 2.28 bits per heavy atom. The van der Waals surface area contributed by atoms with Crippen molar-refractivity contribution in [3.05, 3.63) is 82.4 Å². The number of sulfonamides is 1. The zero-order chi connectivity index (χ0) is 28.3. The molecular weight excluding hydrogens is 518 g/mol. The quantitative estimate of drug-likeness (QED) is 0.256. The van der Waals surface area contributed by atoms with E-state index < -0.39 is 16.3 Å². The Hall–Kier alpha value is -4.06. The normalized spacial score (nSPS) is 12.3. The summed E-state index contributed by atoms with van der Waals surface area (Å²) in [4.78, 5) is 13.0. The zero-order valence-electron chi connectivity index (χ0n) is 22.4. The van der Waals surface area contributed by atoms with E-state index in [1.165, 1.54) is 18.2 Å². The highest BCUT2D eigenvalue weighted by molar-refractivity contribution is 7.89. The van der Waals surface area contributed by atoms with E-state index in [0.717, 1.165) is 22.3 Å². The molecule has 1 aromatic carbocycles. The maximum atomic E-state index is 12.9. The van der Waals surface area contributed by atoms with Gasteiger partial charge in [-0.25, -0.2) is 23.4 Å². The number of hydrogen-bond acceptors (Lipinski definition) is 9. The van der Waals surface area contributed by atoms with Crippen LogP contribution in [0.5, 0.6) is 17.5 Å². The van der Waals surface area contributed by atoms with Crippen molar-refractivity contribution >= 4 is 15.8 Å². The number of aryl methyl sites for hydroxylation is 4. The average molecular weight is 550 g/mol. The van der Waals surface area contributed by atoms with Gasteiger partial charge in [0.1, 0.15) is 17.8 Å². The minimum atomic E-state index is -4.22. The molecule has 11 heteroatoms. The summed E-state index contributed by atoms with van der Waals surface area (Å²) in [6, 6.07) is 15.0. The third kappa shape index (κ3) is 6.51. The summed E-state index contributed by atoms with van der Waals surface area (Å²) < 4.78 is 39.9. The summed E-state index contributed by atoms with van der Waals surface area (Å²) in [7, 11) is -4.22. The van der Waals surface area contributed by atoms with Crippen LogP contribution >= 0.6 is 0 Å². The van der Waals surface area contributed by atoms with Crippen LogP contribution in [0.25, 0.3) is 11.4 Å². The second kappa shape index (κ2) is 11.4. The molecule has 3 heterocycles. The number of nitrogen functional groups attached to an aromatic ring is 1. The first-order valence-corrected chi connectivity index (χ1v) is 13.8. The van der Waals surface area contributed by atoms with E-state index in [1.807, 2.05) is 58.9 Å². The standard InChI is InChI=1S/C28H31N5O5S/c1-6-37-24-15-17(3)14-22(30-24)21-11-10-20(27(34)33-39(35,36)25-9-7-8-23(29)32-25)28(31-21)38-26-18(4)12-16(2)13-19(26)5/h7-15,27,33-34H,6H2,1-5H3,(H2,29,32). The van der Waals surface area contributed by atoms with Gasteiger partial charge in [-0.15, -0.1) is 0 Å². The molecule has 0 spiro atoms. The van der Waals surface area contributed by atoms with E-state index >= 15 is 0 Å². The minimum absolute atomic E-state index is 0.0135. The number of hydrogen-bond donors (Lipinski definition) is 3. The van der Waals surface area contributed by atoms with Gasteiger partial charge in [0, 0.05) is 6.07 Å². The van der Waals surface area contributed by atoms with Crippen LogP contribution in [-0.4, -0.2) is 35.1 Å². The fourth-order valence-electron chi connectivity index (χ4n) is 4.15. The highest BCUT2D eigenvalue weighted by atomic mass is 32.2. The van der Waals surface area contributed by atoms with Crippen molar-refractivity contribution in [2.24, 2.45) is 0 Å². The van der Waals surface area contributed by atoms with Gasteiger partial charge < -0.3 is 20.3 Å². The van der Waals surface area contributed by atoms with Gasteiger partial charge in [0.25, 0.3) is 10.0 Å². The van der Waals surface area contributed by atoms with Crippen LogP contribution in [0.15, 0.2) is 59.6 Å². The van der Waals surface area contributed by atoms with Crippen LogP contribution in [-0.2, 0) is 10.0 Å². The molecule has 4 N–H and O–H groups in total. The fourth-order valence-corrected chi connectivity index (χ4v) is 5.17. The van der Waals surface area contributed by atoms with E-state index in [2.05, 4.69) is 19.7 Å². The molecular formula is C28H31N5O5S. The Morgan fingerprint density at radius 2 is 1.62 bits per heavy atom. The Balaban J connectivity index is 1.79. The number of nitrogens with zero attached hydrogens (tertiary/aromatic N) is 3. The summed E-state index contributed by atoms with van der Waals surface area (Å²) >= 11 is 0. The number of rotatable bonds is 9. The molecule has 4 aromatic rings. The Kier molecular flexibility index (Phi) is 8.14. The largest absolute Gasteiger partial charge is 0.478 e. The molecule has 0 aliphatic heterocycles. The number of ether oxygens (including phenoxy) is 2. The highest BCUT2D eigenvalue weighted by Gasteiger charge is 2.25. The lowest BCUT2D eigenvalue weighted by Gasteiger charge is -2.19. The first kappa shape index (κ1) is 28.0. The van der Waals surface area contributed by atoms with Crippen molar-refractivity contribution in [2.45, 2.75) is 45.9 Å². The number of aliphatic hydroxyl groups is 1. The van der Waals surface area contributed by atoms with Crippen molar-refractivity contribution in [3.8, 4) is 28.9 Å². The lowest BCUT2D eigenvalue weighted by atomic mass is 10.1. The first-order chi connectivity index (χ1) is 18.5. The van der Waals surface area contributed by atoms with Crippen LogP contribution in [0.3, 0.4) is 0 Å². The summed E-state index contributed by atoms with van der Waals surface area (Å²) in [5, 5.41) is 10.7. The molecule has 0 aliphatic carbocycles. The van der Waals surface area contributed by atoms with Crippen molar-refractivity contribution < 1.29 is 23.0 Å². The maximum Gasteiger partial charge on any atom is 0.260 e. The van der Waals surface area contributed by atoms with Gasteiger partial charge in [-0.3, -0.25) is 0 Å². The molecule has 204 valence electrons. The topological polar surface area (TPSA) is 150 Å². The number of nitrogens with two attached hydrogens (primary N) is 1. The molecule has 10 nitrogen and oxygen atoms in total. The molecule has 39 heavy (non-hydrogen) atoms. The maximum absolute atomic E-state index is 12.9. The van der Waals surface area contributed by atoms with Gasteiger partial charge in [0.15, 0.2) is 5.03 Å². The predicted molar refractivity (Wildman–Crippen MR) is 148 cm³/mol. The second-order valence-electron chi connectivity index (χ2n) is 9.15. The van der Waals surface area contributed by atoms with Crippen LogP contribution in [0, 0.1) is 27.7 Å². The zero-order valence-corrected chi connectivity index (χ0v) is 23.2. The van der Waals surface area contributed by atoms with E-state index in [9.17, 15) is 13.5 Å². The third-order valence-electron chi connectivity index (χ3n) is 5.78. The van der Waals surface area contributed by atoms with Crippen molar-refractivity contribution in [2.75, 3.05) is 12.3 Å². The van der Waals surface area contributed by atoms with Crippen molar-refractivity contribution in [1.29, 1.82) is 0 Å². The highest BCUT2D eigenvalue weighted by Crippen LogP contribution is 2.35. The number of pyridine rings is 3. The first-order valence-electron chi connectivity index (χ1n) is 12.3. The number of benzene rings is 1. The van der Waals surface area contributed by atoms with Gasteiger partial charge >= 0.3 is 0 Å².